The van der Waals surface area contributed by atoms with Crippen LogP contribution in [-0.4, -0.2) is 59.3 Å². The summed E-state index contributed by atoms with van der Waals surface area (Å²) in [4.78, 5) is 25.3. The van der Waals surface area contributed by atoms with E-state index in [1.165, 1.54) is 30.2 Å². The number of nitrogens with two attached hydrogens (primary N) is 1. The van der Waals surface area contributed by atoms with Crippen LogP contribution < -0.4 is 15.8 Å². The second kappa shape index (κ2) is 10.0. The van der Waals surface area contributed by atoms with Gasteiger partial charge in [-0.3, -0.25) is 9.79 Å². The van der Waals surface area contributed by atoms with Gasteiger partial charge in [0.15, 0.2) is 16.8 Å². The van der Waals surface area contributed by atoms with E-state index in [9.17, 15) is 13.6 Å². The summed E-state index contributed by atoms with van der Waals surface area (Å²) in [6.07, 6.45) is 2.93. The van der Waals surface area contributed by atoms with E-state index in [2.05, 4.69) is 20.3 Å². The van der Waals surface area contributed by atoms with Crippen LogP contribution in [0.4, 0.5) is 14.5 Å². The summed E-state index contributed by atoms with van der Waals surface area (Å²) in [5.74, 6) is -2.20. The Morgan fingerprint density at radius 3 is 2.69 bits per heavy atom. The molecular formula is C23H27F2N5O4S. The highest BCUT2D eigenvalue weighted by atomic mass is 32.2. The van der Waals surface area contributed by atoms with Crippen LogP contribution in [0, 0.1) is 17.6 Å². The Morgan fingerprint density at radius 1 is 1.29 bits per heavy atom. The van der Waals surface area contributed by atoms with Gasteiger partial charge >= 0.3 is 0 Å². The summed E-state index contributed by atoms with van der Waals surface area (Å²) in [6, 6.07) is 2.27. The molecule has 3 heterocycles. The lowest BCUT2D eigenvalue weighted by atomic mass is 9.83. The van der Waals surface area contributed by atoms with Gasteiger partial charge in [-0.2, -0.15) is 0 Å². The molecule has 4 rings (SSSR count). The maximum absolute atomic E-state index is 15.0. The van der Waals surface area contributed by atoms with E-state index in [-0.39, 0.29) is 28.0 Å². The van der Waals surface area contributed by atoms with Gasteiger partial charge in [-0.05, 0) is 26.3 Å². The summed E-state index contributed by atoms with van der Waals surface area (Å²) in [5, 5.41) is 2.80. The number of rotatable bonds is 8. The van der Waals surface area contributed by atoms with E-state index in [0.29, 0.717) is 38.8 Å². The molecule has 2 aliphatic rings. The number of anilines is 1. The molecule has 12 heteroatoms. The minimum absolute atomic E-state index is 0.00850. The number of methoxy groups -OCH3 is 1. The van der Waals surface area contributed by atoms with Crippen LogP contribution in [0.3, 0.4) is 0 Å². The highest BCUT2D eigenvalue weighted by Gasteiger charge is 2.44. The van der Waals surface area contributed by atoms with Gasteiger partial charge in [0.05, 0.1) is 44.4 Å². The van der Waals surface area contributed by atoms with E-state index in [1.54, 1.807) is 14.0 Å². The Bertz CT molecular complexity index is 1130. The Labute approximate surface area is 205 Å². The Kier molecular flexibility index (Phi) is 7.25. The number of aliphatic imine (C=N–C) groups is 1. The van der Waals surface area contributed by atoms with Gasteiger partial charge in [0, 0.05) is 35.1 Å². The van der Waals surface area contributed by atoms with Crippen molar-refractivity contribution < 1.29 is 27.8 Å². The van der Waals surface area contributed by atoms with Crippen LogP contribution in [0.15, 0.2) is 29.5 Å². The zero-order chi connectivity index (χ0) is 25.2. The second-order valence-electron chi connectivity index (χ2n) is 9.11. The number of carbonyl (C=O) groups excluding carboxylic acids is 1. The number of ether oxygens (including phenoxy) is 3. The normalized spacial score (nSPS) is 24.4. The zero-order valence-corrected chi connectivity index (χ0v) is 20.5. The molecule has 0 radical (unpaired) electrons. The molecule has 2 atom stereocenters. The first kappa shape index (κ1) is 25.3. The highest BCUT2D eigenvalue weighted by Crippen LogP contribution is 2.46. The number of halogens is 2. The molecule has 2 aliphatic heterocycles. The van der Waals surface area contributed by atoms with Crippen molar-refractivity contribution in [2.24, 2.45) is 16.6 Å². The summed E-state index contributed by atoms with van der Waals surface area (Å²) in [5.41, 5.74) is 4.89. The van der Waals surface area contributed by atoms with Crippen LogP contribution in [0.1, 0.15) is 36.3 Å². The molecule has 1 saturated heterocycles. The van der Waals surface area contributed by atoms with Crippen molar-refractivity contribution in [3.8, 4) is 5.88 Å². The maximum atomic E-state index is 15.0. The fourth-order valence-electron chi connectivity index (χ4n) is 4.20. The molecule has 0 bridgehead atoms. The molecular weight excluding hydrogens is 480 g/mol. The lowest BCUT2D eigenvalue weighted by Gasteiger charge is -2.41. The first-order chi connectivity index (χ1) is 16.6. The van der Waals surface area contributed by atoms with Gasteiger partial charge in [-0.15, -0.1) is 0 Å². The summed E-state index contributed by atoms with van der Waals surface area (Å²) in [7, 11) is 1.56. The molecule has 1 fully saturated rings. The molecule has 2 aromatic rings. The number of nitrogens with one attached hydrogen (secondary N) is 1. The average molecular weight is 508 g/mol. The number of carbonyl (C=O) groups is 1. The number of nitrogens with zero attached hydrogens (tertiary/aromatic N) is 3. The number of hydrogen-bond acceptors (Lipinski definition) is 9. The van der Waals surface area contributed by atoms with Crippen LogP contribution >= 0.6 is 11.8 Å². The molecule has 0 aliphatic carbocycles. The quantitative estimate of drug-likeness (QED) is 0.559. The number of thioether (sulfide) groups is 1. The van der Waals surface area contributed by atoms with Crippen molar-refractivity contribution >= 4 is 28.5 Å². The minimum Gasteiger partial charge on any atom is -0.476 e. The third kappa shape index (κ3) is 5.71. The first-order valence-corrected chi connectivity index (χ1v) is 11.8. The monoisotopic (exact) mass is 507 g/mol. The lowest BCUT2D eigenvalue weighted by Crippen LogP contribution is -2.43. The Morgan fingerprint density at radius 2 is 2.06 bits per heavy atom. The second-order valence-corrected chi connectivity index (χ2v) is 10.7. The van der Waals surface area contributed by atoms with E-state index >= 15 is 0 Å². The minimum atomic E-state index is -1.17. The smallest absolute Gasteiger partial charge is 0.275 e. The van der Waals surface area contributed by atoms with E-state index in [4.69, 9.17) is 19.9 Å². The average Bonchev–Trinajstić information content (AvgIpc) is 2.74. The molecule has 188 valence electrons. The molecule has 1 aromatic carbocycles. The van der Waals surface area contributed by atoms with Crippen molar-refractivity contribution in [2.45, 2.75) is 30.6 Å². The van der Waals surface area contributed by atoms with Gasteiger partial charge in [-0.1, -0.05) is 11.8 Å². The largest absolute Gasteiger partial charge is 0.476 e. The van der Waals surface area contributed by atoms with Gasteiger partial charge in [0.1, 0.15) is 5.69 Å². The molecule has 0 saturated carbocycles. The van der Waals surface area contributed by atoms with Crippen LogP contribution in [0.5, 0.6) is 5.88 Å². The van der Waals surface area contributed by atoms with Gasteiger partial charge < -0.3 is 25.3 Å². The van der Waals surface area contributed by atoms with Gasteiger partial charge in [0.2, 0.25) is 5.88 Å². The third-order valence-corrected chi connectivity index (χ3v) is 6.83. The van der Waals surface area contributed by atoms with Crippen molar-refractivity contribution in [3.05, 3.63) is 47.4 Å². The summed E-state index contributed by atoms with van der Waals surface area (Å²) in [6.45, 7) is 5.68. The third-order valence-electron chi connectivity index (χ3n) is 5.78. The van der Waals surface area contributed by atoms with Crippen LogP contribution in [0.2, 0.25) is 0 Å². The van der Waals surface area contributed by atoms with Crippen LogP contribution in [0.25, 0.3) is 0 Å². The predicted molar refractivity (Wildman–Crippen MR) is 128 cm³/mol. The summed E-state index contributed by atoms with van der Waals surface area (Å²) >= 11 is 1.33. The fraction of sp³-hybridized carbons (Fsp3) is 0.478. The Hall–Kier alpha value is -2.83. The number of aromatic nitrogens is 2. The number of amides is 1. The maximum Gasteiger partial charge on any atom is 0.275 e. The summed E-state index contributed by atoms with van der Waals surface area (Å²) < 4.78 is 45.0. The number of hydrogen-bond donors (Lipinski definition) is 2. The standard InChI is InChI=1S/C23H27F2N5O4S/c1-22(12-32-3)11-23(2,30-21(26)35-22)15-4-14(5-16(24)19(15)25)29-20(31)17-6-28-18(7-27-17)34-10-13-8-33-9-13/h4-7,13H,8-12H2,1-3H3,(H2,26,30)(H,29,31)/t22-,23+/m1/s1. The molecule has 1 aromatic heterocycles. The molecule has 0 unspecified atom stereocenters. The molecule has 0 spiro atoms. The zero-order valence-electron chi connectivity index (χ0n) is 19.6. The number of amidine groups is 1. The van der Waals surface area contributed by atoms with E-state index in [1.807, 2.05) is 6.92 Å². The molecule has 35 heavy (non-hydrogen) atoms. The molecule has 9 nitrogen and oxygen atoms in total. The molecule has 1 amide bonds. The van der Waals surface area contributed by atoms with Crippen LogP contribution in [-0.2, 0) is 15.0 Å². The van der Waals surface area contributed by atoms with Crippen molar-refractivity contribution in [2.75, 3.05) is 38.9 Å². The van der Waals surface area contributed by atoms with Gasteiger partial charge in [0.25, 0.3) is 5.91 Å². The van der Waals surface area contributed by atoms with Crippen molar-refractivity contribution in [3.63, 3.8) is 0 Å². The van der Waals surface area contributed by atoms with Gasteiger partial charge in [-0.25, -0.2) is 18.7 Å². The Balaban J connectivity index is 1.53. The topological polar surface area (TPSA) is 121 Å². The molecule has 3 N–H and O–H groups in total. The lowest BCUT2D eigenvalue weighted by molar-refractivity contribution is -0.0514. The van der Waals surface area contributed by atoms with E-state index < -0.39 is 27.8 Å². The first-order valence-electron chi connectivity index (χ1n) is 11.0. The fourth-order valence-corrected chi connectivity index (χ4v) is 5.49. The van der Waals surface area contributed by atoms with Crippen molar-refractivity contribution in [1.29, 1.82) is 0 Å². The predicted octanol–water partition coefficient (Wildman–Crippen LogP) is 3.10. The van der Waals surface area contributed by atoms with Crippen molar-refractivity contribution in [1.82, 2.24) is 9.97 Å². The van der Waals surface area contributed by atoms with E-state index in [0.717, 1.165) is 6.07 Å². The SMILES string of the molecule is COC[C@@]1(C)C[C@@](C)(c2cc(NC(=O)c3cnc(OCC4COC4)cn3)cc(F)c2F)N=C(N)S1. The number of benzene rings is 1. The highest BCUT2D eigenvalue weighted by molar-refractivity contribution is 8.15.